The van der Waals surface area contributed by atoms with Crippen molar-refractivity contribution in [1.29, 1.82) is 0 Å². The van der Waals surface area contributed by atoms with Crippen LogP contribution >= 0.6 is 11.8 Å². The molecule has 1 amide bonds. The number of ether oxygens (including phenoxy) is 1. The Balaban J connectivity index is 2.31. The Hall–Kier alpha value is -1.24. The fourth-order valence-electron chi connectivity index (χ4n) is 0.938. The second-order valence-electron chi connectivity index (χ2n) is 3.01. The Morgan fingerprint density at radius 2 is 2.38 bits per heavy atom. The normalized spacial score (nSPS) is 10.1. The van der Waals surface area contributed by atoms with Crippen LogP contribution in [0.25, 0.3) is 0 Å². The first-order valence-corrected chi connectivity index (χ1v) is 6.23. The van der Waals surface area contributed by atoms with Crippen molar-refractivity contribution in [2.24, 2.45) is 0 Å². The van der Waals surface area contributed by atoms with Crippen LogP contribution in [0.5, 0.6) is 0 Å². The summed E-state index contributed by atoms with van der Waals surface area (Å²) in [4.78, 5) is 15.3. The zero-order valence-electron chi connectivity index (χ0n) is 9.45. The smallest absolute Gasteiger partial charge is 0.414 e. The van der Waals surface area contributed by atoms with Gasteiger partial charge in [0.05, 0.1) is 6.61 Å². The van der Waals surface area contributed by atoms with Crippen LogP contribution in [0.2, 0.25) is 0 Å². The van der Waals surface area contributed by atoms with E-state index in [2.05, 4.69) is 20.5 Å². The zero-order chi connectivity index (χ0) is 11.8. The van der Waals surface area contributed by atoms with Crippen LogP contribution in [0.4, 0.5) is 10.7 Å². The van der Waals surface area contributed by atoms with Crippen molar-refractivity contribution < 1.29 is 9.53 Å². The molecule has 0 radical (unpaired) electrons. The maximum absolute atomic E-state index is 11.2. The van der Waals surface area contributed by atoms with Crippen LogP contribution in [0.3, 0.4) is 0 Å². The molecule has 0 aliphatic rings. The third-order valence-electron chi connectivity index (χ3n) is 1.69. The van der Waals surface area contributed by atoms with Gasteiger partial charge in [-0.25, -0.2) is 9.89 Å². The Morgan fingerprint density at radius 1 is 1.56 bits per heavy atom. The molecule has 0 spiro atoms. The van der Waals surface area contributed by atoms with E-state index in [1.165, 1.54) is 11.8 Å². The molecule has 7 heteroatoms. The fourth-order valence-corrected chi connectivity index (χ4v) is 1.46. The molecule has 0 aromatic carbocycles. The van der Waals surface area contributed by atoms with Crippen LogP contribution in [0.15, 0.2) is 5.16 Å². The number of rotatable bonds is 6. The predicted octanol–water partition coefficient (Wildman–Crippen LogP) is 2.27. The highest BCUT2D eigenvalue weighted by molar-refractivity contribution is 7.99. The number of aromatic nitrogens is 3. The van der Waals surface area contributed by atoms with Crippen LogP contribution in [0, 0.1) is 0 Å². The van der Waals surface area contributed by atoms with Gasteiger partial charge in [0.2, 0.25) is 11.1 Å². The quantitative estimate of drug-likeness (QED) is 0.592. The summed E-state index contributed by atoms with van der Waals surface area (Å²) in [5, 5.41) is 9.62. The highest BCUT2D eigenvalue weighted by Crippen LogP contribution is 2.12. The van der Waals surface area contributed by atoms with Crippen molar-refractivity contribution in [2.45, 2.75) is 31.8 Å². The SMILES string of the molecule is CCCCOC(=O)Nc1nc(SCC)n[nH]1. The lowest BCUT2D eigenvalue weighted by Gasteiger charge is -2.02. The van der Waals surface area contributed by atoms with E-state index in [0.29, 0.717) is 17.7 Å². The third-order valence-corrected chi connectivity index (χ3v) is 2.42. The molecule has 2 N–H and O–H groups in total. The largest absolute Gasteiger partial charge is 0.449 e. The van der Waals surface area contributed by atoms with Crippen molar-refractivity contribution in [1.82, 2.24) is 15.2 Å². The van der Waals surface area contributed by atoms with Gasteiger partial charge >= 0.3 is 6.09 Å². The molecule has 90 valence electrons. The number of unbranched alkanes of at least 4 members (excludes halogenated alkanes) is 1. The van der Waals surface area contributed by atoms with E-state index in [-0.39, 0.29) is 0 Å². The summed E-state index contributed by atoms with van der Waals surface area (Å²) in [6.07, 6.45) is 1.35. The summed E-state index contributed by atoms with van der Waals surface area (Å²) in [6, 6.07) is 0. The average molecular weight is 244 g/mol. The number of anilines is 1. The lowest BCUT2D eigenvalue weighted by Crippen LogP contribution is -2.15. The summed E-state index contributed by atoms with van der Waals surface area (Å²) in [5.74, 6) is 1.20. The van der Waals surface area contributed by atoms with Crippen molar-refractivity contribution >= 4 is 23.8 Å². The summed E-state index contributed by atoms with van der Waals surface area (Å²) < 4.78 is 4.91. The van der Waals surface area contributed by atoms with Gasteiger partial charge in [0.1, 0.15) is 0 Å². The van der Waals surface area contributed by atoms with Gasteiger partial charge in [-0.3, -0.25) is 5.32 Å². The van der Waals surface area contributed by atoms with Crippen LogP contribution in [-0.2, 0) is 4.74 Å². The van der Waals surface area contributed by atoms with Crippen molar-refractivity contribution in [3.63, 3.8) is 0 Å². The molecule has 0 fully saturated rings. The monoisotopic (exact) mass is 244 g/mol. The van der Waals surface area contributed by atoms with E-state index in [1.54, 1.807) is 0 Å². The molecule has 0 aliphatic heterocycles. The lowest BCUT2D eigenvalue weighted by atomic mass is 10.4. The van der Waals surface area contributed by atoms with Crippen LogP contribution < -0.4 is 5.32 Å². The molecular formula is C9H16N4O2S. The van der Waals surface area contributed by atoms with E-state index >= 15 is 0 Å². The minimum atomic E-state index is -0.502. The van der Waals surface area contributed by atoms with Gasteiger partial charge < -0.3 is 4.74 Å². The lowest BCUT2D eigenvalue weighted by molar-refractivity contribution is 0.159. The zero-order valence-corrected chi connectivity index (χ0v) is 10.3. The Bertz CT molecular complexity index is 329. The van der Waals surface area contributed by atoms with Gasteiger partial charge in [-0.15, -0.1) is 5.10 Å². The van der Waals surface area contributed by atoms with E-state index in [0.717, 1.165) is 18.6 Å². The molecule has 1 rings (SSSR count). The number of H-pyrrole nitrogens is 1. The molecule has 1 aromatic heterocycles. The summed E-state index contributed by atoms with van der Waals surface area (Å²) in [7, 11) is 0. The number of hydrogen-bond donors (Lipinski definition) is 2. The molecule has 0 aliphatic carbocycles. The Morgan fingerprint density at radius 3 is 3.06 bits per heavy atom. The summed E-state index contributed by atoms with van der Waals surface area (Å²) >= 11 is 1.50. The second-order valence-corrected chi connectivity index (χ2v) is 4.25. The average Bonchev–Trinajstić information content (AvgIpc) is 2.66. The molecule has 0 saturated carbocycles. The molecule has 0 saturated heterocycles. The standard InChI is InChI=1S/C9H16N4O2S/c1-3-5-6-15-9(14)11-7-10-8(13-12-7)16-4-2/h3-6H2,1-2H3,(H2,10,11,12,13,14). The van der Waals surface area contributed by atoms with E-state index in [4.69, 9.17) is 4.74 Å². The topological polar surface area (TPSA) is 79.9 Å². The van der Waals surface area contributed by atoms with Crippen molar-refractivity contribution in [3.05, 3.63) is 0 Å². The number of thioether (sulfide) groups is 1. The maximum atomic E-state index is 11.2. The molecular weight excluding hydrogens is 228 g/mol. The Labute approximate surface area is 98.6 Å². The number of aromatic amines is 1. The first-order chi connectivity index (χ1) is 7.76. The molecule has 0 bridgehead atoms. The second kappa shape index (κ2) is 7.10. The molecule has 1 heterocycles. The van der Waals surface area contributed by atoms with Crippen molar-refractivity contribution in [3.8, 4) is 0 Å². The van der Waals surface area contributed by atoms with Crippen LogP contribution in [0.1, 0.15) is 26.7 Å². The van der Waals surface area contributed by atoms with E-state index in [9.17, 15) is 4.79 Å². The van der Waals surface area contributed by atoms with Gasteiger partial charge in [-0.1, -0.05) is 32.0 Å². The molecule has 1 aromatic rings. The maximum Gasteiger partial charge on any atom is 0.414 e. The molecule has 16 heavy (non-hydrogen) atoms. The van der Waals surface area contributed by atoms with Gasteiger partial charge in [0.15, 0.2) is 0 Å². The summed E-state index contributed by atoms with van der Waals surface area (Å²) in [6.45, 7) is 4.46. The van der Waals surface area contributed by atoms with Gasteiger partial charge in [-0.05, 0) is 12.2 Å². The molecule has 6 nitrogen and oxygen atoms in total. The number of amides is 1. The van der Waals surface area contributed by atoms with Gasteiger partial charge in [0, 0.05) is 0 Å². The highest BCUT2D eigenvalue weighted by Gasteiger charge is 2.07. The minimum Gasteiger partial charge on any atom is -0.449 e. The fraction of sp³-hybridized carbons (Fsp3) is 0.667. The number of nitrogens with one attached hydrogen (secondary N) is 2. The van der Waals surface area contributed by atoms with Gasteiger partial charge in [0.25, 0.3) is 0 Å². The number of nitrogens with zero attached hydrogens (tertiary/aromatic N) is 2. The molecule has 0 atom stereocenters. The van der Waals surface area contributed by atoms with Crippen molar-refractivity contribution in [2.75, 3.05) is 17.7 Å². The Kier molecular flexibility index (Phi) is 5.69. The highest BCUT2D eigenvalue weighted by atomic mass is 32.2. The first kappa shape index (κ1) is 12.8. The number of carbonyl (C=O) groups excluding carboxylic acids is 1. The minimum absolute atomic E-state index is 0.317. The number of hydrogen-bond acceptors (Lipinski definition) is 5. The first-order valence-electron chi connectivity index (χ1n) is 5.25. The number of carbonyl (C=O) groups is 1. The molecule has 0 unspecified atom stereocenters. The summed E-state index contributed by atoms with van der Waals surface area (Å²) in [5.41, 5.74) is 0. The van der Waals surface area contributed by atoms with E-state index < -0.39 is 6.09 Å². The predicted molar refractivity (Wildman–Crippen MR) is 62.7 cm³/mol. The van der Waals surface area contributed by atoms with Crippen LogP contribution in [-0.4, -0.2) is 33.6 Å². The third kappa shape index (κ3) is 4.52. The van der Waals surface area contributed by atoms with Gasteiger partial charge in [-0.2, -0.15) is 4.98 Å². The van der Waals surface area contributed by atoms with E-state index in [1.807, 2.05) is 13.8 Å².